The molecule has 1 aliphatic carbocycles. The zero-order chi connectivity index (χ0) is 10.9. The van der Waals surface area contributed by atoms with Crippen molar-refractivity contribution in [1.29, 1.82) is 0 Å². The van der Waals surface area contributed by atoms with E-state index in [2.05, 4.69) is 0 Å². The first-order chi connectivity index (χ1) is 7.19. The first-order valence-electron chi connectivity index (χ1n) is 5.20. The van der Waals surface area contributed by atoms with Gasteiger partial charge >= 0.3 is 0 Å². The zero-order valence-electron chi connectivity index (χ0n) is 8.86. The van der Waals surface area contributed by atoms with Crippen molar-refractivity contribution < 1.29 is 14.9 Å². The topological polar surface area (TPSA) is 49.7 Å². The molecule has 15 heavy (non-hydrogen) atoms. The van der Waals surface area contributed by atoms with Gasteiger partial charge in [-0.1, -0.05) is 6.07 Å². The van der Waals surface area contributed by atoms with Crippen LogP contribution in [0.2, 0.25) is 0 Å². The Bertz CT molecular complexity index is 362. The molecular formula is C12H16O3. The predicted molar refractivity (Wildman–Crippen MR) is 56.9 cm³/mol. The molecule has 1 unspecified atom stereocenters. The van der Waals surface area contributed by atoms with Gasteiger partial charge in [0.05, 0.1) is 13.7 Å². The Balaban J connectivity index is 2.48. The van der Waals surface area contributed by atoms with E-state index in [0.717, 1.165) is 29.7 Å². The van der Waals surface area contributed by atoms with E-state index < -0.39 is 5.60 Å². The Morgan fingerprint density at radius 1 is 1.47 bits per heavy atom. The Kier molecular flexibility index (Phi) is 2.67. The van der Waals surface area contributed by atoms with Crippen molar-refractivity contribution in [3.05, 3.63) is 29.3 Å². The minimum atomic E-state index is -1.08. The lowest BCUT2D eigenvalue weighted by Gasteiger charge is -2.33. The highest BCUT2D eigenvalue weighted by atomic mass is 16.5. The fourth-order valence-corrected chi connectivity index (χ4v) is 2.20. The molecule has 1 aliphatic rings. The third kappa shape index (κ3) is 1.73. The molecule has 1 aromatic carbocycles. The number of benzene rings is 1. The number of aryl methyl sites for hydroxylation is 1. The summed E-state index contributed by atoms with van der Waals surface area (Å²) < 4.78 is 5.13. The van der Waals surface area contributed by atoms with E-state index in [1.54, 1.807) is 7.11 Å². The summed E-state index contributed by atoms with van der Waals surface area (Å²) in [5.74, 6) is 0.725. The maximum absolute atomic E-state index is 10.2. The summed E-state index contributed by atoms with van der Waals surface area (Å²) in [4.78, 5) is 0. The summed E-state index contributed by atoms with van der Waals surface area (Å²) in [5, 5.41) is 19.5. The molecule has 2 rings (SSSR count). The van der Waals surface area contributed by atoms with Gasteiger partial charge in [0.15, 0.2) is 0 Å². The molecule has 0 fully saturated rings. The number of hydrogen-bond acceptors (Lipinski definition) is 3. The average molecular weight is 208 g/mol. The quantitative estimate of drug-likeness (QED) is 0.768. The number of ether oxygens (including phenoxy) is 1. The summed E-state index contributed by atoms with van der Waals surface area (Å²) in [6.45, 7) is -0.229. The third-order valence-corrected chi connectivity index (χ3v) is 3.12. The highest BCUT2D eigenvalue weighted by molar-refractivity contribution is 5.41. The SMILES string of the molecule is COc1ccc2c(c1)C(O)(CO)CCC2. The molecule has 2 N–H and O–H groups in total. The van der Waals surface area contributed by atoms with Gasteiger partial charge in [0.25, 0.3) is 0 Å². The molecule has 3 heteroatoms. The normalized spacial score (nSPS) is 24.7. The molecule has 0 spiro atoms. The molecule has 0 aromatic heterocycles. The molecule has 1 atom stereocenters. The number of hydrogen-bond donors (Lipinski definition) is 2. The van der Waals surface area contributed by atoms with Crippen LogP contribution in [-0.4, -0.2) is 23.9 Å². The fraction of sp³-hybridized carbons (Fsp3) is 0.500. The van der Waals surface area contributed by atoms with Crippen molar-refractivity contribution in [2.45, 2.75) is 24.9 Å². The smallest absolute Gasteiger partial charge is 0.119 e. The lowest BCUT2D eigenvalue weighted by Crippen LogP contribution is -2.34. The van der Waals surface area contributed by atoms with Crippen molar-refractivity contribution in [2.75, 3.05) is 13.7 Å². The second-order valence-electron chi connectivity index (χ2n) is 4.07. The van der Waals surface area contributed by atoms with Gasteiger partial charge in [-0.3, -0.25) is 0 Å². The second kappa shape index (κ2) is 3.83. The van der Waals surface area contributed by atoms with Crippen LogP contribution in [0.4, 0.5) is 0 Å². The fourth-order valence-electron chi connectivity index (χ4n) is 2.20. The Morgan fingerprint density at radius 2 is 2.27 bits per heavy atom. The van der Waals surface area contributed by atoms with Gasteiger partial charge in [-0.15, -0.1) is 0 Å². The number of aliphatic hydroxyl groups excluding tert-OH is 1. The van der Waals surface area contributed by atoms with E-state index in [4.69, 9.17) is 4.74 Å². The van der Waals surface area contributed by atoms with E-state index in [1.807, 2.05) is 18.2 Å². The van der Waals surface area contributed by atoms with Crippen molar-refractivity contribution in [1.82, 2.24) is 0 Å². The molecule has 0 bridgehead atoms. The Hall–Kier alpha value is -1.06. The van der Waals surface area contributed by atoms with Crippen LogP contribution in [0.3, 0.4) is 0 Å². The van der Waals surface area contributed by atoms with Crippen LogP contribution < -0.4 is 4.74 Å². The molecule has 0 aliphatic heterocycles. The van der Waals surface area contributed by atoms with E-state index in [9.17, 15) is 10.2 Å². The second-order valence-corrected chi connectivity index (χ2v) is 4.07. The summed E-state index contributed by atoms with van der Waals surface area (Å²) >= 11 is 0. The lowest BCUT2D eigenvalue weighted by atomic mass is 9.79. The highest BCUT2D eigenvalue weighted by Gasteiger charge is 2.33. The van der Waals surface area contributed by atoms with Crippen LogP contribution in [0, 0.1) is 0 Å². The van der Waals surface area contributed by atoms with Gasteiger partial charge in [0, 0.05) is 0 Å². The largest absolute Gasteiger partial charge is 0.497 e. The standard InChI is InChI=1S/C12H16O3/c1-15-10-5-4-9-3-2-6-12(14,8-13)11(9)7-10/h4-5,7,13-14H,2-3,6,8H2,1H3. The van der Waals surface area contributed by atoms with Crippen LogP contribution >= 0.6 is 0 Å². The zero-order valence-corrected chi connectivity index (χ0v) is 8.86. The van der Waals surface area contributed by atoms with Crippen LogP contribution in [0.25, 0.3) is 0 Å². The molecule has 0 radical (unpaired) electrons. The van der Waals surface area contributed by atoms with Gasteiger partial charge in [-0.2, -0.15) is 0 Å². The van der Waals surface area contributed by atoms with Crippen LogP contribution in [0.1, 0.15) is 24.0 Å². The summed E-state index contributed by atoms with van der Waals surface area (Å²) in [6, 6.07) is 5.68. The maximum atomic E-state index is 10.2. The van der Waals surface area contributed by atoms with Gasteiger partial charge in [-0.05, 0) is 42.5 Å². The number of aliphatic hydroxyl groups is 2. The Labute approximate surface area is 89.3 Å². The third-order valence-electron chi connectivity index (χ3n) is 3.12. The van der Waals surface area contributed by atoms with Crippen molar-refractivity contribution in [3.63, 3.8) is 0 Å². The average Bonchev–Trinajstić information content (AvgIpc) is 2.29. The summed E-state index contributed by atoms with van der Waals surface area (Å²) in [6.07, 6.45) is 2.49. The minimum Gasteiger partial charge on any atom is -0.497 e. The van der Waals surface area contributed by atoms with Gasteiger partial charge in [-0.25, -0.2) is 0 Å². The van der Waals surface area contributed by atoms with Crippen molar-refractivity contribution in [2.24, 2.45) is 0 Å². The van der Waals surface area contributed by atoms with E-state index in [-0.39, 0.29) is 6.61 Å². The highest BCUT2D eigenvalue weighted by Crippen LogP contribution is 2.36. The van der Waals surface area contributed by atoms with Gasteiger partial charge in [0.1, 0.15) is 11.4 Å². The minimum absolute atomic E-state index is 0.229. The van der Waals surface area contributed by atoms with Crippen molar-refractivity contribution >= 4 is 0 Å². The molecule has 0 amide bonds. The predicted octanol–water partition coefficient (Wildman–Crippen LogP) is 1.21. The molecule has 3 nitrogen and oxygen atoms in total. The molecule has 0 heterocycles. The lowest BCUT2D eigenvalue weighted by molar-refractivity contribution is -0.0328. The summed E-state index contributed by atoms with van der Waals surface area (Å²) in [7, 11) is 1.60. The van der Waals surface area contributed by atoms with Crippen LogP contribution in [-0.2, 0) is 12.0 Å². The molecule has 1 aromatic rings. The first kappa shape index (κ1) is 10.5. The molecule has 82 valence electrons. The van der Waals surface area contributed by atoms with E-state index >= 15 is 0 Å². The van der Waals surface area contributed by atoms with Crippen molar-refractivity contribution in [3.8, 4) is 5.75 Å². The Morgan fingerprint density at radius 3 is 2.93 bits per heavy atom. The van der Waals surface area contributed by atoms with Gasteiger partial charge < -0.3 is 14.9 Å². The molecule has 0 saturated carbocycles. The van der Waals surface area contributed by atoms with E-state index in [0.29, 0.717) is 6.42 Å². The molecule has 0 saturated heterocycles. The summed E-state index contributed by atoms with van der Waals surface area (Å²) in [5.41, 5.74) is 0.844. The number of rotatable bonds is 2. The maximum Gasteiger partial charge on any atom is 0.119 e. The number of fused-ring (bicyclic) bond motifs is 1. The van der Waals surface area contributed by atoms with Crippen LogP contribution in [0.15, 0.2) is 18.2 Å². The monoisotopic (exact) mass is 208 g/mol. The molecular weight excluding hydrogens is 192 g/mol. The van der Waals surface area contributed by atoms with Crippen LogP contribution in [0.5, 0.6) is 5.75 Å². The first-order valence-corrected chi connectivity index (χ1v) is 5.20. The van der Waals surface area contributed by atoms with E-state index in [1.165, 1.54) is 0 Å². The number of methoxy groups -OCH3 is 1. The van der Waals surface area contributed by atoms with Gasteiger partial charge in [0.2, 0.25) is 0 Å².